The minimum Gasteiger partial charge on any atom is -0.321 e. The minimum atomic E-state index is -2.55. The summed E-state index contributed by atoms with van der Waals surface area (Å²) < 4.78 is 16.9. The maximum Gasteiger partial charge on any atom is 0.258 e. The molecule has 1 atom stereocenters. The molecule has 2 amide bonds. The summed E-state index contributed by atoms with van der Waals surface area (Å²) in [6.07, 6.45) is 2.96. The van der Waals surface area contributed by atoms with Crippen LogP contribution >= 0.6 is 39.1 Å². The molecule has 11 heteroatoms. The molecular weight excluding hydrogens is 551 g/mol. The number of carbonyl (C=O) groups is 2. The van der Waals surface area contributed by atoms with Crippen molar-refractivity contribution in [2.75, 3.05) is 28.8 Å². The average molecular weight is 570 g/mol. The fourth-order valence-electron chi connectivity index (χ4n) is 2.78. The SMILES string of the molecule is CS(=O)(=NCCBr)c1ccc(C(=O)Nc2ccc(Cl)cc2C(=O)Nc2ccc(Cl)cn2)cc1. The zero-order valence-electron chi connectivity index (χ0n) is 17.3. The second kappa shape index (κ2) is 11.1. The van der Waals surface area contributed by atoms with Crippen LogP contribution in [0.15, 0.2) is 70.1 Å². The smallest absolute Gasteiger partial charge is 0.258 e. The Morgan fingerprint density at radius 2 is 1.70 bits per heavy atom. The van der Waals surface area contributed by atoms with E-state index in [0.29, 0.717) is 38.2 Å². The second-order valence-corrected chi connectivity index (χ2v) is 10.8. The number of halogens is 3. The molecule has 0 saturated heterocycles. The number of anilines is 2. The Hall–Kier alpha value is -2.46. The van der Waals surface area contributed by atoms with Gasteiger partial charge in [0.25, 0.3) is 11.8 Å². The summed E-state index contributed by atoms with van der Waals surface area (Å²) in [7, 11) is -2.55. The molecule has 0 fully saturated rings. The standard InChI is InChI=1S/C22H19BrCl2N4O3S/c1-33(32,27-11-10-23)17-6-2-14(3-7-17)21(30)28-19-8-4-15(24)12-18(19)22(31)29-20-9-5-16(25)13-26-20/h2-9,12-13H,10-11H2,1H3,(H,28,30)(H,26,29,31). The lowest BCUT2D eigenvalue weighted by Crippen LogP contribution is -2.18. The second-order valence-electron chi connectivity index (χ2n) is 6.83. The van der Waals surface area contributed by atoms with Crippen LogP contribution in [-0.2, 0) is 9.73 Å². The van der Waals surface area contributed by atoms with Crippen LogP contribution in [0, 0.1) is 0 Å². The third-order valence-corrected chi connectivity index (χ3v) is 7.05. The van der Waals surface area contributed by atoms with Crippen molar-refractivity contribution >= 4 is 72.2 Å². The summed E-state index contributed by atoms with van der Waals surface area (Å²) in [4.78, 5) is 30.2. The van der Waals surface area contributed by atoms with Gasteiger partial charge in [-0.25, -0.2) is 13.6 Å². The molecule has 1 unspecified atom stereocenters. The zero-order valence-corrected chi connectivity index (χ0v) is 21.3. The van der Waals surface area contributed by atoms with Crippen molar-refractivity contribution in [1.29, 1.82) is 0 Å². The molecule has 2 N–H and O–H groups in total. The number of carbonyl (C=O) groups excluding carboxylic acids is 2. The van der Waals surface area contributed by atoms with Crippen molar-refractivity contribution in [2.45, 2.75) is 4.90 Å². The fourth-order valence-corrected chi connectivity index (χ4v) is 4.71. The van der Waals surface area contributed by atoms with E-state index < -0.39 is 21.5 Å². The molecule has 1 heterocycles. The Morgan fingerprint density at radius 3 is 2.33 bits per heavy atom. The summed E-state index contributed by atoms with van der Waals surface area (Å²) in [6, 6.07) is 14.0. The van der Waals surface area contributed by atoms with Crippen LogP contribution in [0.1, 0.15) is 20.7 Å². The van der Waals surface area contributed by atoms with Gasteiger partial charge in [-0.05, 0) is 54.6 Å². The predicted octanol–water partition coefficient (Wildman–Crippen LogP) is 5.74. The third kappa shape index (κ3) is 6.77. The lowest BCUT2D eigenvalue weighted by Gasteiger charge is -2.12. The molecule has 0 spiro atoms. The van der Waals surface area contributed by atoms with Gasteiger partial charge in [0.15, 0.2) is 0 Å². The number of rotatable bonds is 7. The number of pyridine rings is 1. The van der Waals surface area contributed by atoms with Gasteiger partial charge >= 0.3 is 0 Å². The van der Waals surface area contributed by atoms with Gasteiger partial charge in [0.05, 0.1) is 32.5 Å². The highest BCUT2D eigenvalue weighted by molar-refractivity contribution is 9.09. The number of nitrogens with one attached hydrogen (secondary N) is 2. The van der Waals surface area contributed by atoms with Gasteiger partial charge in [-0.2, -0.15) is 0 Å². The first kappa shape index (κ1) is 25.2. The lowest BCUT2D eigenvalue weighted by molar-refractivity contribution is 0.102. The summed E-state index contributed by atoms with van der Waals surface area (Å²) in [5.41, 5.74) is 0.760. The van der Waals surface area contributed by atoms with Crippen LogP contribution in [0.2, 0.25) is 10.0 Å². The van der Waals surface area contributed by atoms with Gasteiger partial charge in [0.1, 0.15) is 5.82 Å². The molecule has 0 aliphatic carbocycles. The molecule has 0 radical (unpaired) electrons. The Kier molecular flexibility index (Phi) is 8.47. The van der Waals surface area contributed by atoms with Crippen LogP contribution in [0.4, 0.5) is 11.5 Å². The van der Waals surface area contributed by atoms with Crippen LogP contribution in [-0.4, -0.2) is 39.1 Å². The van der Waals surface area contributed by atoms with E-state index in [4.69, 9.17) is 23.2 Å². The predicted molar refractivity (Wildman–Crippen MR) is 136 cm³/mol. The summed E-state index contributed by atoms with van der Waals surface area (Å²) >= 11 is 15.2. The van der Waals surface area contributed by atoms with Crippen molar-refractivity contribution in [3.63, 3.8) is 0 Å². The Balaban J connectivity index is 1.80. The largest absolute Gasteiger partial charge is 0.321 e. The molecule has 0 bridgehead atoms. The molecule has 1 aromatic heterocycles. The summed E-state index contributed by atoms with van der Waals surface area (Å²) in [5.74, 6) is -0.648. The maximum atomic E-state index is 12.8. The first-order chi connectivity index (χ1) is 15.7. The number of benzene rings is 2. The van der Waals surface area contributed by atoms with Crippen molar-refractivity contribution in [3.05, 3.63) is 82.0 Å². The number of alkyl halides is 1. The summed E-state index contributed by atoms with van der Waals surface area (Å²) in [5, 5.41) is 6.74. The number of hydrogen-bond acceptors (Lipinski definition) is 5. The monoisotopic (exact) mass is 568 g/mol. The maximum absolute atomic E-state index is 12.8. The van der Waals surface area contributed by atoms with E-state index in [1.807, 2.05) is 0 Å². The van der Waals surface area contributed by atoms with Crippen molar-refractivity contribution in [1.82, 2.24) is 4.98 Å². The molecule has 0 saturated carbocycles. The highest BCUT2D eigenvalue weighted by Crippen LogP contribution is 2.23. The van der Waals surface area contributed by atoms with Crippen molar-refractivity contribution < 1.29 is 13.8 Å². The summed E-state index contributed by atoms with van der Waals surface area (Å²) in [6.45, 7) is 0.421. The lowest BCUT2D eigenvalue weighted by atomic mass is 10.1. The topological polar surface area (TPSA) is 101 Å². The van der Waals surface area contributed by atoms with E-state index in [2.05, 4.69) is 35.9 Å². The Bertz CT molecular complexity index is 1290. The quantitative estimate of drug-likeness (QED) is 0.354. The first-order valence-corrected chi connectivity index (χ1v) is 13.4. The van der Waals surface area contributed by atoms with Gasteiger partial charge in [-0.3, -0.25) is 9.59 Å². The number of amides is 2. The zero-order chi connectivity index (χ0) is 24.0. The number of hydrogen-bond donors (Lipinski definition) is 2. The van der Waals surface area contributed by atoms with E-state index in [0.717, 1.165) is 0 Å². The molecule has 33 heavy (non-hydrogen) atoms. The average Bonchev–Trinajstić information content (AvgIpc) is 2.80. The van der Waals surface area contributed by atoms with Gasteiger partial charge in [0, 0.05) is 33.3 Å². The number of aromatic nitrogens is 1. The van der Waals surface area contributed by atoms with E-state index in [1.165, 1.54) is 18.3 Å². The molecule has 0 aliphatic rings. The third-order valence-electron chi connectivity index (χ3n) is 4.42. The van der Waals surface area contributed by atoms with Gasteiger partial charge in [-0.1, -0.05) is 39.1 Å². The molecule has 0 aliphatic heterocycles. The van der Waals surface area contributed by atoms with Gasteiger partial charge < -0.3 is 10.6 Å². The van der Waals surface area contributed by atoms with Crippen LogP contribution in [0.5, 0.6) is 0 Å². The van der Waals surface area contributed by atoms with E-state index in [-0.39, 0.29) is 11.3 Å². The van der Waals surface area contributed by atoms with Crippen LogP contribution in [0.25, 0.3) is 0 Å². The molecule has 2 aromatic carbocycles. The number of nitrogens with zero attached hydrogens (tertiary/aromatic N) is 2. The Labute approximate surface area is 210 Å². The molecular formula is C22H19BrCl2N4O3S. The highest BCUT2D eigenvalue weighted by Gasteiger charge is 2.16. The van der Waals surface area contributed by atoms with Gasteiger partial charge in [0.2, 0.25) is 0 Å². The normalized spacial score (nSPS) is 12.5. The van der Waals surface area contributed by atoms with Crippen molar-refractivity contribution in [3.8, 4) is 0 Å². The fraction of sp³-hybridized carbons (Fsp3) is 0.136. The van der Waals surface area contributed by atoms with Crippen LogP contribution < -0.4 is 10.6 Å². The minimum absolute atomic E-state index is 0.161. The van der Waals surface area contributed by atoms with Crippen LogP contribution in [0.3, 0.4) is 0 Å². The van der Waals surface area contributed by atoms with Gasteiger partial charge in [-0.15, -0.1) is 0 Å². The van der Waals surface area contributed by atoms with Crippen molar-refractivity contribution in [2.24, 2.45) is 4.36 Å². The van der Waals surface area contributed by atoms with E-state index in [1.54, 1.807) is 48.7 Å². The first-order valence-electron chi connectivity index (χ1n) is 9.57. The molecule has 3 rings (SSSR count). The molecule has 3 aromatic rings. The van der Waals surface area contributed by atoms with E-state index >= 15 is 0 Å². The molecule has 7 nitrogen and oxygen atoms in total. The molecule has 172 valence electrons. The Morgan fingerprint density at radius 1 is 1.00 bits per heavy atom. The van der Waals surface area contributed by atoms with E-state index in [9.17, 15) is 13.8 Å². The highest BCUT2D eigenvalue weighted by atomic mass is 79.9.